The van der Waals surface area contributed by atoms with Crippen LogP contribution in [0.4, 0.5) is 0 Å². The highest BCUT2D eigenvalue weighted by molar-refractivity contribution is 5.94. The molecule has 0 N–H and O–H groups in total. The molecule has 3 heterocycles. The van der Waals surface area contributed by atoms with Gasteiger partial charge in [0.15, 0.2) is 11.6 Å². The average molecular weight is 396 g/mol. The van der Waals surface area contributed by atoms with Crippen LogP contribution >= 0.6 is 0 Å². The van der Waals surface area contributed by atoms with Gasteiger partial charge in [-0.2, -0.15) is 0 Å². The Morgan fingerprint density at radius 3 is 2.24 bits per heavy atom. The summed E-state index contributed by atoms with van der Waals surface area (Å²) in [4.78, 5) is 33.8. The lowest BCUT2D eigenvalue weighted by molar-refractivity contribution is 0.0705. The summed E-state index contributed by atoms with van der Waals surface area (Å²) in [5, 5.41) is 0. The maximum absolute atomic E-state index is 12.8. The number of piperidine rings is 1. The van der Waals surface area contributed by atoms with Crippen LogP contribution in [-0.2, 0) is 0 Å². The molecule has 6 heteroatoms. The first-order chi connectivity index (χ1) is 13.9. The maximum Gasteiger partial charge on any atom is 0.276 e. The first kappa shape index (κ1) is 19.7. The topological polar surface area (TPSA) is 66.7 Å². The van der Waals surface area contributed by atoms with Gasteiger partial charge in [-0.3, -0.25) is 9.59 Å². The molecule has 4 rings (SSSR count). The van der Waals surface area contributed by atoms with Crippen LogP contribution < -0.4 is 0 Å². The fraction of sp³-hybridized carbons (Fsp3) is 0.522. The number of amides is 2. The highest BCUT2D eigenvalue weighted by atomic mass is 16.4. The summed E-state index contributed by atoms with van der Waals surface area (Å²) in [6.07, 6.45) is 3.72. The number of rotatable bonds is 3. The van der Waals surface area contributed by atoms with Gasteiger partial charge in [0.1, 0.15) is 5.76 Å². The van der Waals surface area contributed by atoms with Crippen LogP contribution in [0.25, 0.3) is 0 Å². The van der Waals surface area contributed by atoms with Gasteiger partial charge in [0.2, 0.25) is 0 Å². The molecule has 0 radical (unpaired) electrons. The van der Waals surface area contributed by atoms with E-state index in [1.165, 1.54) is 5.56 Å². The van der Waals surface area contributed by atoms with Gasteiger partial charge < -0.3 is 14.2 Å². The van der Waals surface area contributed by atoms with Gasteiger partial charge in [0.25, 0.3) is 11.8 Å². The minimum Gasteiger partial charge on any atom is -0.445 e. The van der Waals surface area contributed by atoms with Gasteiger partial charge >= 0.3 is 0 Å². The van der Waals surface area contributed by atoms with E-state index >= 15 is 0 Å². The number of nitrogens with zero attached hydrogens (tertiary/aromatic N) is 3. The molecule has 1 aromatic heterocycles. The summed E-state index contributed by atoms with van der Waals surface area (Å²) in [5.74, 6) is 1.46. The predicted octanol–water partition coefficient (Wildman–Crippen LogP) is 3.86. The van der Waals surface area contributed by atoms with E-state index in [1.807, 2.05) is 41.8 Å². The third-order valence-corrected chi connectivity index (χ3v) is 6.29. The van der Waals surface area contributed by atoms with Gasteiger partial charge in [-0.05, 0) is 69.7 Å². The van der Waals surface area contributed by atoms with Crippen molar-refractivity contribution in [1.29, 1.82) is 0 Å². The third kappa shape index (κ3) is 3.93. The molecule has 0 saturated carbocycles. The van der Waals surface area contributed by atoms with E-state index in [2.05, 4.69) is 11.9 Å². The average Bonchev–Trinajstić information content (AvgIpc) is 3.39. The number of aromatic nitrogens is 1. The fourth-order valence-corrected chi connectivity index (χ4v) is 4.25. The van der Waals surface area contributed by atoms with Gasteiger partial charge in [0, 0.05) is 37.7 Å². The van der Waals surface area contributed by atoms with Crippen LogP contribution in [0.3, 0.4) is 0 Å². The Balaban J connectivity index is 1.40. The summed E-state index contributed by atoms with van der Waals surface area (Å²) in [5.41, 5.74) is 3.53. The molecular weight excluding hydrogens is 366 g/mol. The second kappa shape index (κ2) is 8.01. The zero-order valence-electron chi connectivity index (χ0n) is 17.5. The van der Waals surface area contributed by atoms with Crippen LogP contribution in [0, 0.1) is 20.8 Å². The van der Waals surface area contributed by atoms with Crippen LogP contribution in [0.1, 0.15) is 75.2 Å². The Morgan fingerprint density at radius 1 is 0.931 bits per heavy atom. The van der Waals surface area contributed by atoms with Crippen LogP contribution in [-0.4, -0.2) is 52.8 Å². The van der Waals surface area contributed by atoms with Gasteiger partial charge in [0.05, 0.1) is 0 Å². The van der Waals surface area contributed by atoms with Crippen molar-refractivity contribution in [2.75, 3.05) is 26.2 Å². The molecule has 0 spiro atoms. The molecule has 2 saturated heterocycles. The van der Waals surface area contributed by atoms with Crippen molar-refractivity contribution >= 4 is 11.8 Å². The zero-order valence-corrected chi connectivity index (χ0v) is 17.5. The number of oxazole rings is 1. The number of carbonyl (C=O) groups is 2. The van der Waals surface area contributed by atoms with Gasteiger partial charge in [-0.25, -0.2) is 4.98 Å². The molecule has 154 valence electrons. The number of likely N-dealkylation sites (tertiary alicyclic amines) is 2. The molecule has 6 nitrogen and oxygen atoms in total. The highest BCUT2D eigenvalue weighted by Gasteiger charge is 2.30. The predicted molar refractivity (Wildman–Crippen MR) is 110 cm³/mol. The van der Waals surface area contributed by atoms with Crippen molar-refractivity contribution in [3.8, 4) is 0 Å². The molecule has 2 amide bonds. The highest BCUT2D eigenvalue weighted by Crippen LogP contribution is 2.30. The molecular formula is C23H29N3O3. The Bertz CT molecular complexity index is 919. The summed E-state index contributed by atoms with van der Waals surface area (Å²) in [7, 11) is 0. The molecule has 0 unspecified atom stereocenters. The molecule has 0 aliphatic carbocycles. The van der Waals surface area contributed by atoms with Crippen LogP contribution in [0.15, 0.2) is 22.6 Å². The molecule has 2 aromatic rings. The Morgan fingerprint density at radius 2 is 1.59 bits per heavy atom. The van der Waals surface area contributed by atoms with Crippen molar-refractivity contribution in [3.05, 3.63) is 52.2 Å². The third-order valence-electron chi connectivity index (χ3n) is 6.29. The smallest absolute Gasteiger partial charge is 0.276 e. The standard InChI is InChI=1S/C23H29N3O3/c1-15-6-7-19(14-16(15)2)22(27)26-12-8-18(9-13-26)21-24-20(17(3)29-21)23(28)25-10-4-5-11-25/h6-7,14,18H,4-5,8-13H2,1-3H3. The second-order valence-electron chi connectivity index (χ2n) is 8.32. The molecule has 0 bridgehead atoms. The lowest BCUT2D eigenvalue weighted by Gasteiger charge is -2.30. The van der Waals surface area contributed by atoms with E-state index in [-0.39, 0.29) is 17.7 Å². The Kier molecular flexibility index (Phi) is 5.43. The monoisotopic (exact) mass is 395 g/mol. The quantitative estimate of drug-likeness (QED) is 0.792. The van der Waals surface area contributed by atoms with E-state index < -0.39 is 0 Å². The largest absolute Gasteiger partial charge is 0.445 e. The molecule has 2 aliphatic rings. The Labute approximate surface area is 171 Å². The Hall–Kier alpha value is -2.63. The van der Waals surface area contributed by atoms with E-state index in [1.54, 1.807) is 0 Å². The number of hydrogen-bond acceptors (Lipinski definition) is 4. The fourth-order valence-electron chi connectivity index (χ4n) is 4.25. The lowest BCUT2D eigenvalue weighted by Crippen LogP contribution is -2.38. The molecule has 1 aromatic carbocycles. The first-order valence-electron chi connectivity index (χ1n) is 10.6. The summed E-state index contributed by atoms with van der Waals surface area (Å²) < 4.78 is 5.88. The summed E-state index contributed by atoms with van der Waals surface area (Å²) in [6.45, 7) is 8.86. The number of benzene rings is 1. The maximum atomic E-state index is 12.8. The van der Waals surface area contributed by atoms with E-state index in [0.29, 0.717) is 30.4 Å². The number of aryl methyl sites for hydroxylation is 3. The lowest BCUT2D eigenvalue weighted by atomic mass is 9.96. The first-order valence-corrected chi connectivity index (χ1v) is 10.6. The molecule has 2 aliphatic heterocycles. The molecule has 2 fully saturated rings. The van der Waals surface area contributed by atoms with Gasteiger partial charge in [-0.15, -0.1) is 0 Å². The van der Waals surface area contributed by atoms with Crippen molar-refractivity contribution in [2.45, 2.75) is 52.4 Å². The molecule has 0 atom stereocenters. The zero-order chi connectivity index (χ0) is 20.5. The van der Waals surface area contributed by atoms with Crippen molar-refractivity contribution in [1.82, 2.24) is 14.8 Å². The number of carbonyl (C=O) groups excluding carboxylic acids is 2. The van der Waals surface area contributed by atoms with Crippen LogP contribution in [0.5, 0.6) is 0 Å². The SMILES string of the molecule is Cc1ccc(C(=O)N2CCC(c3nc(C(=O)N4CCCC4)c(C)o3)CC2)cc1C. The summed E-state index contributed by atoms with van der Waals surface area (Å²) in [6, 6.07) is 5.88. The van der Waals surface area contributed by atoms with E-state index in [4.69, 9.17) is 4.42 Å². The minimum absolute atomic E-state index is 0.0163. The summed E-state index contributed by atoms with van der Waals surface area (Å²) >= 11 is 0. The minimum atomic E-state index is -0.0163. The van der Waals surface area contributed by atoms with Gasteiger partial charge in [-0.1, -0.05) is 6.07 Å². The second-order valence-corrected chi connectivity index (χ2v) is 8.32. The van der Waals surface area contributed by atoms with Crippen molar-refractivity contribution < 1.29 is 14.0 Å². The van der Waals surface area contributed by atoms with E-state index in [0.717, 1.165) is 49.9 Å². The van der Waals surface area contributed by atoms with Crippen molar-refractivity contribution in [2.24, 2.45) is 0 Å². The van der Waals surface area contributed by atoms with Crippen molar-refractivity contribution in [3.63, 3.8) is 0 Å². The molecule has 29 heavy (non-hydrogen) atoms. The van der Waals surface area contributed by atoms with Crippen LogP contribution in [0.2, 0.25) is 0 Å². The van der Waals surface area contributed by atoms with E-state index in [9.17, 15) is 9.59 Å². The normalized spacial score (nSPS) is 17.8. The number of hydrogen-bond donors (Lipinski definition) is 0.